The summed E-state index contributed by atoms with van der Waals surface area (Å²) < 4.78 is 0. The zero-order valence-corrected chi connectivity index (χ0v) is 16.0. The van der Waals surface area contributed by atoms with Crippen LogP contribution in [0.1, 0.15) is 55.3 Å². The van der Waals surface area contributed by atoms with Crippen LogP contribution in [0, 0.1) is 0 Å². The van der Waals surface area contributed by atoms with Crippen molar-refractivity contribution in [2.75, 3.05) is 12.4 Å². The molecule has 0 radical (unpaired) electrons. The highest BCUT2D eigenvalue weighted by atomic mass is 35.5. The van der Waals surface area contributed by atoms with Crippen LogP contribution in [0.2, 0.25) is 5.02 Å². The molecule has 2 aliphatic rings. The number of hydrogen-bond acceptors (Lipinski definition) is 3. The molecular formula is C18H25Cl2N3O2. The van der Waals surface area contributed by atoms with Crippen molar-refractivity contribution in [3.05, 3.63) is 28.8 Å². The Morgan fingerprint density at radius 3 is 2.44 bits per heavy atom. The molecule has 0 bridgehead atoms. The Morgan fingerprint density at radius 2 is 1.88 bits per heavy atom. The van der Waals surface area contributed by atoms with Gasteiger partial charge in [0.25, 0.3) is 5.91 Å². The van der Waals surface area contributed by atoms with E-state index in [4.69, 9.17) is 17.3 Å². The van der Waals surface area contributed by atoms with Gasteiger partial charge in [0, 0.05) is 18.8 Å². The molecule has 3 N–H and O–H groups in total. The average Bonchev–Trinajstić information content (AvgIpc) is 3.33. The average molecular weight is 386 g/mol. The Morgan fingerprint density at radius 1 is 1.24 bits per heavy atom. The molecule has 0 aliphatic heterocycles. The maximum absolute atomic E-state index is 12.7. The smallest absolute Gasteiger partial charge is 0.255 e. The van der Waals surface area contributed by atoms with E-state index in [9.17, 15) is 9.59 Å². The molecule has 0 saturated heterocycles. The monoisotopic (exact) mass is 385 g/mol. The standard InChI is InChI=1S/C18H24ClN3O2.ClH/c1-22(13-5-3-2-4-6-13)16(23)14-8-7-12(11-15(14)19)21-17(24)18(20)9-10-18;/h7-8,11,13H,2-6,9-10,20H2,1H3,(H,21,24);1H. The fourth-order valence-electron chi connectivity index (χ4n) is 3.21. The van der Waals surface area contributed by atoms with Gasteiger partial charge >= 0.3 is 0 Å². The molecule has 0 heterocycles. The number of hydrogen-bond donors (Lipinski definition) is 2. The van der Waals surface area contributed by atoms with Gasteiger partial charge in [0.05, 0.1) is 16.1 Å². The summed E-state index contributed by atoms with van der Waals surface area (Å²) in [6, 6.07) is 5.29. The lowest BCUT2D eigenvalue weighted by Gasteiger charge is -2.31. The van der Waals surface area contributed by atoms with E-state index in [0.717, 1.165) is 12.8 Å². The summed E-state index contributed by atoms with van der Waals surface area (Å²) in [7, 11) is 1.84. The van der Waals surface area contributed by atoms with Crippen molar-refractivity contribution < 1.29 is 9.59 Å². The molecule has 1 aromatic rings. The van der Waals surface area contributed by atoms with Crippen molar-refractivity contribution >= 4 is 41.5 Å². The lowest BCUT2D eigenvalue weighted by atomic mass is 9.94. The predicted octanol–water partition coefficient (Wildman–Crippen LogP) is 3.60. The summed E-state index contributed by atoms with van der Waals surface area (Å²) in [5.41, 5.74) is 6.17. The van der Waals surface area contributed by atoms with Crippen molar-refractivity contribution in [2.45, 2.75) is 56.5 Å². The fourth-order valence-corrected chi connectivity index (χ4v) is 3.47. The van der Waals surface area contributed by atoms with E-state index < -0.39 is 5.54 Å². The van der Waals surface area contributed by atoms with E-state index in [0.29, 0.717) is 29.1 Å². The minimum atomic E-state index is -0.734. The van der Waals surface area contributed by atoms with Gasteiger partial charge in [-0.05, 0) is 43.9 Å². The zero-order valence-electron chi connectivity index (χ0n) is 14.4. The van der Waals surface area contributed by atoms with Gasteiger partial charge in [0.2, 0.25) is 5.91 Å². The molecule has 0 unspecified atom stereocenters. The second-order valence-corrected chi connectivity index (χ2v) is 7.42. The number of rotatable bonds is 4. The van der Waals surface area contributed by atoms with Crippen molar-refractivity contribution in [1.29, 1.82) is 0 Å². The maximum Gasteiger partial charge on any atom is 0.255 e. The van der Waals surface area contributed by atoms with E-state index in [-0.39, 0.29) is 30.3 Å². The fraction of sp³-hybridized carbons (Fsp3) is 0.556. The molecule has 2 saturated carbocycles. The number of anilines is 1. The van der Waals surface area contributed by atoms with Gasteiger partial charge in [0.1, 0.15) is 0 Å². The molecule has 2 fully saturated rings. The number of nitrogens with zero attached hydrogens (tertiary/aromatic N) is 1. The number of halogens is 2. The molecule has 1 aromatic carbocycles. The second-order valence-electron chi connectivity index (χ2n) is 7.01. The van der Waals surface area contributed by atoms with E-state index in [1.165, 1.54) is 19.3 Å². The van der Waals surface area contributed by atoms with Gasteiger partial charge in [-0.25, -0.2) is 0 Å². The molecule has 5 nitrogen and oxygen atoms in total. The van der Waals surface area contributed by atoms with Gasteiger partial charge in [0.15, 0.2) is 0 Å². The number of benzene rings is 1. The lowest BCUT2D eigenvalue weighted by molar-refractivity contribution is -0.118. The van der Waals surface area contributed by atoms with Crippen LogP contribution in [0.15, 0.2) is 18.2 Å². The number of nitrogens with one attached hydrogen (secondary N) is 1. The summed E-state index contributed by atoms with van der Waals surface area (Å²) in [6.07, 6.45) is 7.09. The highest BCUT2D eigenvalue weighted by Gasteiger charge is 2.45. The molecule has 0 aromatic heterocycles. The van der Waals surface area contributed by atoms with Crippen molar-refractivity contribution in [1.82, 2.24) is 4.90 Å². The van der Waals surface area contributed by atoms with Gasteiger partial charge in [-0.2, -0.15) is 0 Å². The molecule has 3 rings (SSSR count). The summed E-state index contributed by atoms with van der Waals surface area (Å²) in [5, 5.41) is 3.12. The third-order valence-electron chi connectivity index (χ3n) is 5.14. The third-order valence-corrected chi connectivity index (χ3v) is 5.45. The Labute approximate surface area is 159 Å². The number of amides is 2. The van der Waals surface area contributed by atoms with Crippen LogP contribution in [-0.2, 0) is 4.79 Å². The highest BCUT2D eigenvalue weighted by molar-refractivity contribution is 6.34. The topological polar surface area (TPSA) is 75.4 Å². The Balaban J connectivity index is 0.00000225. The Kier molecular flexibility index (Phi) is 6.35. The zero-order chi connectivity index (χ0) is 17.3. The first-order valence-corrected chi connectivity index (χ1v) is 8.95. The quantitative estimate of drug-likeness (QED) is 0.830. The first kappa shape index (κ1) is 20.0. The number of carbonyl (C=O) groups is 2. The molecule has 7 heteroatoms. The normalized spacial score (nSPS) is 18.8. The summed E-state index contributed by atoms with van der Waals surface area (Å²) >= 11 is 6.29. The number of carbonyl (C=O) groups excluding carboxylic acids is 2. The number of nitrogens with two attached hydrogens (primary N) is 1. The second kappa shape index (κ2) is 7.94. The van der Waals surface area contributed by atoms with E-state index in [1.54, 1.807) is 23.1 Å². The highest BCUT2D eigenvalue weighted by Crippen LogP contribution is 2.34. The summed E-state index contributed by atoms with van der Waals surface area (Å²) in [5.74, 6) is -0.265. The van der Waals surface area contributed by atoms with Gasteiger partial charge in [-0.1, -0.05) is 30.9 Å². The third kappa shape index (κ3) is 4.46. The van der Waals surface area contributed by atoms with Crippen LogP contribution in [0.5, 0.6) is 0 Å². The van der Waals surface area contributed by atoms with Crippen molar-refractivity contribution in [3.63, 3.8) is 0 Å². The van der Waals surface area contributed by atoms with Gasteiger partial charge in [-0.15, -0.1) is 12.4 Å². The van der Waals surface area contributed by atoms with Crippen LogP contribution in [0.3, 0.4) is 0 Å². The Bertz CT molecular complexity index is 656. The summed E-state index contributed by atoms with van der Waals surface area (Å²) in [4.78, 5) is 26.5. The van der Waals surface area contributed by atoms with Crippen molar-refractivity contribution in [3.8, 4) is 0 Å². The van der Waals surface area contributed by atoms with Crippen LogP contribution in [0.25, 0.3) is 0 Å². The first-order chi connectivity index (χ1) is 11.4. The minimum absolute atomic E-state index is 0. The van der Waals surface area contributed by atoms with Crippen LogP contribution in [0.4, 0.5) is 5.69 Å². The predicted molar refractivity (Wildman–Crippen MR) is 102 cm³/mol. The van der Waals surface area contributed by atoms with E-state index in [2.05, 4.69) is 5.32 Å². The van der Waals surface area contributed by atoms with Crippen molar-refractivity contribution in [2.24, 2.45) is 5.73 Å². The maximum atomic E-state index is 12.7. The van der Waals surface area contributed by atoms with E-state index >= 15 is 0 Å². The van der Waals surface area contributed by atoms with E-state index in [1.807, 2.05) is 7.05 Å². The van der Waals surface area contributed by atoms with Gasteiger partial charge < -0.3 is 16.0 Å². The molecule has 138 valence electrons. The molecule has 2 amide bonds. The van der Waals surface area contributed by atoms with Crippen LogP contribution in [-0.4, -0.2) is 35.3 Å². The van der Waals surface area contributed by atoms with Crippen LogP contribution < -0.4 is 11.1 Å². The first-order valence-electron chi connectivity index (χ1n) is 8.58. The van der Waals surface area contributed by atoms with Crippen LogP contribution >= 0.6 is 24.0 Å². The molecule has 25 heavy (non-hydrogen) atoms. The molecular weight excluding hydrogens is 361 g/mol. The minimum Gasteiger partial charge on any atom is -0.339 e. The molecule has 0 atom stereocenters. The SMILES string of the molecule is CN(C(=O)c1ccc(NC(=O)C2(N)CC2)cc1Cl)C1CCCCC1.Cl. The van der Waals surface area contributed by atoms with Gasteiger partial charge in [-0.3, -0.25) is 9.59 Å². The summed E-state index contributed by atoms with van der Waals surface area (Å²) in [6.45, 7) is 0. The largest absolute Gasteiger partial charge is 0.339 e. The molecule has 0 spiro atoms. The molecule has 2 aliphatic carbocycles. The Hall–Kier alpha value is -1.30. The lowest BCUT2D eigenvalue weighted by Crippen LogP contribution is -2.38.